The molecule has 2 atom stereocenters. The van der Waals surface area contributed by atoms with E-state index in [9.17, 15) is 0 Å². The summed E-state index contributed by atoms with van der Waals surface area (Å²) in [6.07, 6.45) is 1.13. The molecule has 1 saturated heterocycles. The molecule has 0 bridgehead atoms. The van der Waals surface area contributed by atoms with Crippen LogP contribution in [0.25, 0.3) is 11.0 Å². The third-order valence-electron chi connectivity index (χ3n) is 3.68. The number of benzene rings is 1. The lowest BCUT2D eigenvalue weighted by atomic mass is 10.1. The quantitative estimate of drug-likeness (QED) is 0.921. The molecule has 0 aliphatic carbocycles. The average molecular weight is 261 g/mol. The van der Waals surface area contributed by atoms with Crippen molar-refractivity contribution < 1.29 is 9.47 Å². The molecule has 1 aliphatic heterocycles. The van der Waals surface area contributed by atoms with Gasteiger partial charge in [0.25, 0.3) is 0 Å². The lowest BCUT2D eigenvalue weighted by Crippen LogP contribution is -2.18. The summed E-state index contributed by atoms with van der Waals surface area (Å²) in [6, 6.07) is 6.19. The summed E-state index contributed by atoms with van der Waals surface area (Å²) < 4.78 is 13.3. The van der Waals surface area contributed by atoms with Gasteiger partial charge in [0.2, 0.25) is 5.95 Å². The van der Waals surface area contributed by atoms with E-state index in [4.69, 9.17) is 15.2 Å². The molecule has 102 valence electrons. The highest BCUT2D eigenvalue weighted by atomic mass is 16.5. The molecule has 0 saturated carbocycles. The van der Waals surface area contributed by atoms with Gasteiger partial charge in [0.1, 0.15) is 11.3 Å². The fourth-order valence-corrected chi connectivity index (χ4v) is 2.79. The molecule has 2 unspecified atom stereocenters. The van der Waals surface area contributed by atoms with Crippen molar-refractivity contribution >= 4 is 17.0 Å². The molecule has 5 nitrogen and oxygen atoms in total. The summed E-state index contributed by atoms with van der Waals surface area (Å²) in [5.74, 6) is 1.32. The van der Waals surface area contributed by atoms with Crippen molar-refractivity contribution in [2.75, 3.05) is 18.9 Å². The van der Waals surface area contributed by atoms with Crippen LogP contribution < -0.4 is 10.5 Å². The van der Waals surface area contributed by atoms with Gasteiger partial charge in [-0.15, -0.1) is 0 Å². The summed E-state index contributed by atoms with van der Waals surface area (Å²) in [4.78, 5) is 4.47. The predicted octanol–water partition coefficient (Wildman–Crippen LogP) is 2.37. The molecule has 1 aromatic carbocycles. The van der Waals surface area contributed by atoms with Gasteiger partial charge in [0.15, 0.2) is 0 Å². The van der Waals surface area contributed by atoms with E-state index in [0.717, 1.165) is 29.8 Å². The van der Waals surface area contributed by atoms with Crippen molar-refractivity contribution in [3.8, 4) is 5.75 Å². The van der Waals surface area contributed by atoms with Gasteiger partial charge >= 0.3 is 0 Å². The van der Waals surface area contributed by atoms with E-state index >= 15 is 0 Å². The first-order valence-electron chi connectivity index (χ1n) is 6.73. The number of hydrogen-bond acceptors (Lipinski definition) is 4. The second-order valence-electron chi connectivity index (χ2n) is 4.83. The van der Waals surface area contributed by atoms with Gasteiger partial charge in [-0.3, -0.25) is 0 Å². The second kappa shape index (κ2) is 4.74. The van der Waals surface area contributed by atoms with E-state index in [-0.39, 0.29) is 12.1 Å². The molecule has 1 fully saturated rings. The second-order valence-corrected chi connectivity index (χ2v) is 4.83. The molecule has 3 rings (SSSR count). The summed E-state index contributed by atoms with van der Waals surface area (Å²) >= 11 is 0. The van der Waals surface area contributed by atoms with E-state index in [0.29, 0.717) is 12.6 Å². The van der Waals surface area contributed by atoms with Crippen LogP contribution in [0.2, 0.25) is 0 Å². The third-order valence-corrected chi connectivity index (χ3v) is 3.68. The number of nitrogens with two attached hydrogens (primary N) is 1. The monoisotopic (exact) mass is 261 g/mol. The fraction of sp³-hybridized carbons (Fsp3) is 0.500. The maximum atomic E-state index is 6.10. The Bertz CT molecular complexity index is 594. The van der Waals surface area contributed by atoms with Gasteiger partial charge in [-0.25, -0.2) is 4.98 Å². The fourth-order valence-electron chi connectivity index (χ4n) is 2.79. The SMILES string of the molecule is CCOc1cccc2c1nc(N)n2C1CCOC1C. The maximum absolute atomic E-state index is 6.10. The number of nitrogen functional groups attached to an aromatic ring is 1. The summed E-state index contributed by atoms with van der Waals surface area (Å²) in [6.45, 7) is 5.44. The Morgan fingerprint density at radius 2 is 2.37 bits per heavy atom. The zero-order valence-electron chi connectivity index (χ0n) is 11.3. The zero-order valence-corrected chi connectivity index (χ0v) is 11.3. The molecule has 1 aliphatic rings. The van der Waals surface area contributed by atoms with Crippen molar-refractivity contribution in [2.24, 2.45) is 0 Å². The summed E-state index contributed by atoms with van der Waals surface area (Å²) in [5, 5.41) is 0. The number of fused-ring (bicyclic) bond motifs is 1. The molecule has 0 amide bonds. The van der Waals surface area contributed by atoms with Crippen LogP contribution in [0.5, 0.6) is 5.75 Å². The minimum atomic E-state index is 0.162. The highest BCUT2D eigenvalue weighted by Gasteiger charge is 2.29. The van der Waals surface area contributed by atoms with E-state index in [2.05, 4.69) is 16.5 Å². The van der Waals surface area contributed by atoms with Gasteiger partial charge < -0.3 is 19.8 Å². The van der Waals surface area contributed by atoms with Crippen LogP contribution >= 0.6 is 0 Å². The van der Waals surface area contributed by atoms with Crippen LogP contribution in [0, 0.1) is 0 Å². The number of hydrogen-bond donors (Lipinski definition) is 1. The van der Waals surface area contributed by atoms with Crippen molar-refractivity contribution in [3.05, 3.63) is 18.2 Å². The molecule has 2 aromatic rings. The Balaban J connectivity index is 2.14. The van der Waals surface area contributed by atoms with Crippen molar-refractivity contribution in [1.82, 2.24) is 9.55 Å². The van der Waals surface area contributed by atoms with Crippen molar-refractivity contribution in [1.29, 1.82) is 0 Å². The molecule has 5 heteroatoms. The predicted molar refractivity (Wildman–Crippen MR) is 74.4 cm³/mol. The van der Waals surface area contributed by atoms with Crippen LogP contribution in [0.15, 0.2) is 18.2 Å². The highest BCUT2D eigenvalue weighted by molar-refractivity contribution is 5.84. The largest absolute Gasteiger partial charge is 0.492 e. The van der Waals surface area contributed by atoms with Gasteiger partial charge in [0, 0.05) is 6.61 Å². The number of nitrogens with zero attached hydrogens (tertiary/aromatic N) is 2. The first kappa shape index (κ1) is 12.3. The Morgan fingerprint density at radius 3 is 3.05 bits per heavy atom. The maximum Gasteiger partial charge on any atom is 0.201 e. The smallest absolute Gasteiger partial charge is 0.201 e. The van der Waals surface area contributed by atoms with Crippen LogP contribution in [-0.2, 0) is 4.74 Å². The Hall–Kier alpha value is -1.75. The highest BCUT2D eigenvalue weighted by Crippen LogP contribution is 2.34. The minimum absolute atomic E-state index is 0.162. The normalized spacial score (nSPS) is 23.1. The number of imidazole rings is 1. The lowest BCUT2D eigenvalue weighted by Gasteiger charge is -2.18. The molecule has 2 N–H and O–H groups in total. The molecular weight excluding hydrogens is 242 g/mol. The van der Waals surface area contributed by atoms with E-state index < -0.39 is 0 Å². The van der Waals surface area contributed by atoms with E-state index in [1.807, 2.05) is 25.1 Å². The van der Waals surface area contributed by atoms with Crippen LogP contribution in [-0.4, -0.2) is 28.9 Å². The van der Waals surface area contributed by atoms with E-state index in [1.54, 1.807) is 0 Å². The first-order valence-corrected chi connectivity index (χ1v) is 6.73. The molecule has 2 heterocycles. The number of rotatable bonds is 3. The number of anilines is 1. The Morgan fingerprint density at radius 1 is 1.53 bits per heavy atom. The molecule has 19 heavy (non-hydrogen) atoms. The molecular formula is C14H19N3O2. The van der Waals surface area contributed by atoms with E-state index in [1.165, 1.54) is 0 Å². The van der Waals surface area contributed by atoms with Gasteiger partial charge in [-0.1, -0.05) is 6.07 Å². The number of aromatic nitrogens is 2. The van der Waals surface area contributed by atoms with Crippen LogP contribution in [0.3, 0.4) is 0 Å². The lowest BCUT2D eigenvalue weighted by molar-refractivity contribution is 0.109. The number of para-hydroxylation sites is 1. The topological polar surface area (TPSA) is 62.3 Å². The standard InChI is InChI=1S/C14H19N3O2/c1-3-18-12-6-4-5-11-13(12)16-14(15)17(11)10-7-8-19-9(10)2/h4-6,9-10H,3,7-8H2,1-2H3,(H2,15,16). The zero-order chi connectivity index (χ0) is 13.4. The van der Waals surface area contributed by atoms with Crippen LogP contribution in [0.1, 0.15) is 26.3 Å². The van der Waals surface area contributed by atoms with Crippen molar-refractivity contribution in [2.45, 2.75) is 32.4 Å². The van der Waals surface area contributed by atoms with Gasteiger partial charge in [-0.2, -0.15) is 0 Å². The summed E-state index contributed by atoms with van der Waals surface area (Å²) in [5.41, 5.74) is 7.95. The molecule has 0 spiro atoms. The number of ether oxygens (including phenoxy) is 2. The first-order chi connectivity index (χ1) is 9.22. The Kier molecular flexibility index (Phi) is 3.06. The van der Waals surface area contributed by atoms with Crippen LogP contribution in [0.4, 0.5) is 5.95 Å². The minimum Gasteiger partial charge on any atom is -0.492 e. The van der Waals surface area contributed by atoms with Crippen molar-refractivity contribution in [3.63, 3.8) is 0 Å². The van der Waals surface area contributed by atoms with Gasteiger partial charge in [-0.05, 0) is 32.4 Å². The Labute approximate surface area is 112 Å². The van der Waals surface area contributed by atoms with Gasteiger partial charge in [0.05, 0.1) is 24.3 Å². The third kappa shape index (κ3) is 1.94. The summed E-state index contributed by atoms with van der Waals surface area (Å²) in [7, 11) is 0. The molecule has 1 aromatic heterocycles. The molecule has 0 radical (unpaired) electrons. The average Bonchev–Trinajstić information content (AvgIpc) is 2.93.